The molecule has 2 rings (SSSR count). The van der Waals surface area contributed by atoms with Crippen LogP contribution >= 0.6 is 0 Å². The van der Waals surface area contributed by atoms with Gasteiger partial charge in [0.1, 0.15) is 0 Å². The number of nitrogens with one attached hydrogen (secondary N) is 1. The van der Waals surface area contributed by atoms with Gasteiger partial charge in [0.05, 0.1) is 27.4 Å². The van der Waals surface area contributed by atoms with E-state index < -0.39 is 35.8 Å². The molecule has 0 aromatic heterocycles. The van der Waals surface area contributed by atoms with Gasteiger partial charge in [-0.05, 0) is 12.5 Å². The highest BCUT2D eigenvalue weighted by molar-refractivity contribution is 7.97. The molecule has 1 aliphatic heterocycles. The third kappa shape index (κ3) is 3.25. The van der Waals surface area contributed by atoms with E-state index in [1.165, 1.54) is 18.2 Å². The van der Waals surface area contributed by atoms with Gasteiger partial charge >= 0.3 is 0 Å². The Morgan fingerprint density at radius 1 is 1.35 bits per heavy atom. The molecule has 0 unspecified atom stereocenters. The second-order valence-corrected chi connectivity index (χ2v) is 8.67. The minimum Gasteiger partial charge on any atom is -0.283 e. The monoisotopic (exact) mass is 320 g/mol. The van der Waals surface area contributed by atoms with Gasteiger partial charge in [-0.2, -0.15) is 0 Å². The molecule has 1 N–H and O–H groups in total. The Hall–Kier alpha value is -1.68. The van der Waals surface area contributed by atoms with Crippen LogP contribution in [0.15, 0.2) is 24.3 Å². The molecule has 1 aliphatic rings. The molecule has 1 atom stereocenters. The first-order valence-corrected chi connectivity index (χ1v) is 9.03. The Kier molecular flexibility index (Phi) is 3.69. The Bertz CT molecular complexity index is 741. The van der Waals surface area contributed by atoms with Crippen molar-refractivity contribution in [2.45, 2.75) is 11.7 Å². The van der Waals surface area contributed by atoms with E-state index in [2.05, 4.69) is 4.72 Å². The fourth-order valence-corrected chi connectivity index (χ4v) is 6.02. The molecule has 110 valence electrons. The van der Waals surface area contributed by atoms with Crippen molar-refractivity contribution < 1.29 is 21.8 Å². The summed E-state index contributed by atoms with van der Waals surface area (Å²) in [5.74, 6) is -0.579. The Labute approximate surface area is 115 Å². The van der Waals surface area contributed by atoms with Crippen LogP contribution in [0.3, 0.4) is 0 Å². The highest BCUT2D eigenvalue weighted by Crippen LogP contribution is 2.23. The van der Waals surface area contributed by atoms with Gasteiger partial charge < -0.3 is 0 Å². The first-order chi connectivity index (χ1) is 9.20. The van der Waals surface area contributed by atoms with E-state index in [0.29, 0.717) is 0 Å². The maximum atomic E-state index is 12.0. The van der Waals surface area contributed by atoms with E-state index in [9.17, 15) is 26.9 Å². The number of nitrogens with zero attached hydrogens (tertiary/aromatic N) is 1. The standard InChI is InChI=1S/C10H12N2O6S2/c13-12(14)9-3-1-2-8(6-9)11-20(17,18)10-4-5-19(15,16)7-10/h1-3,6,10-11H,4-5,7H2/t10-/m0/s1. The fraction of sp³-hybridized carbons (Fsp3) is 0.400. The predicted molar refractivity (Wildman–Crippen MR) is 72.7 cm³/mol. The quantitative estimate of drug-likeness (QED) is 0.637. The third-order valence-corrected chi connectivity index (χ3v) is 6.73. The third-order valence-electron chi connectivity index (χ3n) is 2.95. The van der Waals surface area contributed by atoms with Crippen molar-refractivity contribution in [2.75, 3.05) is 16.2 Å². The second-order valence-electron chi connectivity index (χ2n) is 4.48. The molecular formula is C10H12N2O6S2. The molecule has 1 aromatic carbocycles. The average molecular weight is 320 g/mol. The van der Waals surface area contributed by atoms with E-state index in [-0.39, 0.29) is 23.5 Å². The molecule has 8 nitrogen and oxygen atoms in total. The summed E-state index contributed by atoms with van der Waals surface area (Å²) >= 11 is 0. The lowest BCUT2D eigenvalue weighted by atomic mass is 10.3. The zero-order chi connectivity index (χ0) is 15.0. The lowest BCUT2D eigenvalue weighted by Gasteiger charge is -2.12. The van der Waals surface area contributed by atoms with Gasteiger partial charge in [0.25, 0.3) is 5.69 Å². The van der Waals surface area contributed by atoms with Crippen molar-refractivity contribution in [1.82, 2.24) is 0 Å². The summed E-state index contributed by atoms with van der Waals surface area (Å²) in [5, 5.41) is 9.59. The maximum Gasteiger partial charge on any atom is 0.271 e. The summed E-state index contributed by atoms with van der Waals surface area (Å²) in [7, 11) is -7.20. The van der Waals surface area contributed by atoms with E-state index in [1.807, 2.05) is 0 Å². The Balaban J connectivity index is 2.21. The smallest absolute Gasteiger partial charge is 0.271 e. The number of hydrogen-bond donors (Lipinski definition) is 1. The van der Waals surface area contributed by atoms with Crippen molar-refractivity contribution in [3.63, 3.8) is 0 Å². The zero-order valence-corrected chi connectivity index (χ0v) is 11.9. The number of sulfonamides is 1. The number of nitro groups is 1. The minimum absolute atomic E-state index is 0.0343. The molecule has 0 amide bonds. The zero-order valence-electron chi connectivity index (χ0n) is 10.2. The summed E-state index contributed by atoms with van der Waals surface area (Å²) in [4.78, 5) is 9.97. The van der Waals surface area contributed by atoms with Crippen LogP contribution in [0, 0.1) is 10.1 Å². The molecule has 1 fully saturated rings. The molecule has 0 saturated carbocycles. The molecule has 0 spiro atoms. The van der Waals surface area contributed by atoms with Crippen molar-refractivity contribution in [2.24, 2.45) is 0 Å². The predicted octanol–water partition coefficient (Wildman–Crippen LogP) is 0.524. The van der Waals surface area contributed by atoms with E-state index in [1.54, 1.807) is 0 Å². The molecule has 0 aliphatic carbocycles. The molecular weight excluding hydrogens is 308 g/mol. The molecule has 1 aromatic rings. The summed E-state index contributed by atoms with van der Waals surface area (Å²) < 4.78 is 48.9. The van der Waals surface area contributed by atoms with Gasteiger partial charge in [0.15, 0.2) is 9.84 Å². The van der Waals surface area contributed by atoms with E-state index in [0.717, 1.165) is 6.07 Å². The highest BCUT2D eigenvalue weighted by atomic mass is 32.2. The topological polar surface area (TPSA) is 123 Å². The number of rotatable bonds is 4. The normalized spacial score (nSPS) is 21.5. The summed E-state index contributed by atoms with van der Waals surface area (Å²) in [6, 6.07) is 5.04. The van der Waals surface area contributed by atoms with Crippen LogP contribution in [-0.4, -0.2) is 38.5 Å². The van der Waals surface area contributed by atoms with Crippen molar-refractivity contribution in [3.05, 3.63) is 34.4 Å². The lowest BCUT2D eigenvalue weighted by molar-refractivity contribution is -0.384. The van der Waals surface area contributed by atoms with Crippen molar-refractivity contribution in [1.29, 1.82) is 0 Å². The summed E-state index contributed by atoms with van der Waals surface area (Å²) in [6.07, 6.45) is 0.0343. The van der Waals surface area contributed by atoms with Crippen molar-refractivity contribution in [3.8, 4) is 0 Å². The molecule has 1 heterocycles. The highest BCUT2D eigenvalue weighted by Gasteiger charge is 2.37. The van der Waals surface area contributed by atoms with E-state index in [4.69, 9.17) is 0 Å². The summed E-state index contributed by atoms with van der Waals surface area (Å²) in [5.41, 5.74) is -0.201. The van der Waals surface area contributed by atoms with Gasteiger partial charge in [0.2, 0.25) is 10.0 Å². The Morgan fingerprint density at radius 3 is 2.60 bits per heavy atom. The number of nitro benzene ring substituents is 1. The van der Waals surface area contributed by atoms with Crippen LogP contribution in [0.25, 0.3) is 0 Å². The molecule has 1 saturated heterocycles. The van der Waals surface area contributed by atoms with Crippen LogP contribution in [0.1, 0.15) is 6.42 Å². The number of anilines is 1. The van der Waals surface area contributed by atoms with Crippen molar-refractivity contribution >= 4 is 31.2 Å². The first kappa shape index (κ1) is 14.7. The van der Waals surface area contributed by atoms with Crippen LogP contribution in [-0.2, 0) is 19.9 Å². The van der Waals surface area contributed by atoms with Gasteiger partial charge in [-0.1, -0.05) is 6.07 Å². The van der Waals surface area contributed by atoms with Crippen LogP contribution in [0.5, 0.6) is 0 Å². The molecule has 0 bridgehead atoms. The largest absolute Gasteiger partial charge is 0.283 e. The van der Waals surface area contributed by atoms with Crippen LogP contribution in [0.4, 0.5) is 11.4 Å². The number of hydrogen-bond acceptors (Lipinski definition) is 6. The minimum atomic E-state index is -3.88. The molecule has 20 heavy (non-hydrogen) atoms. The Morgan fingerprint density at radius 2 is 2.05 bits per heavy atom. The van der Waals surface area contributed by atoms with E-state index >= 15 is 0 Å². The number of benzene rings is 1. The first-order valence-electron chi connectivity index (χ1n) is 5.66. The number of non-ortho nitro benzene ring substituents is 1. The SMILES string of the molecule is O=[N+]([O-])c1cccc(NS(=O)(=O)[C@H]2CCS(=O)(=O)C2)c1. The van der Waals surface area contributed by atoms with Gasteiger partial charge in [-0.15, -0.1) is 0 Å². The second kappa shape index (κ2) is 5.02. The van der Waals surface area contributed by atoms with Crippen LogP contribution in [0.2, 0.25) is 0 Å². The fourth-order valence-electron chi connectivity index (χ4n) is 1.94. The lowest BCUT2D eigenvalue weighted by Crippen LogP contribution is -2.28. The summed E-state index contributed by atoms with van der Waals surface area (Å²) in [6.45, 7) is 0. The number of sulfone groups is 1. The van der Waals surface area contributed by atoms with Crippen LogP contribution < -0.4 is 4.72 Å². The average Bonchev–Trinajstić information content (AvgIpc) is 2.70. The molecule has 10 heteroatoms. The van der Waals surface area contributed by atoms with Gasteiger partial charge in [0, 0.05) is 12.1 Å². The molecule has 0 radical (unpaired) electrons. The van der Waals surface area contributed by atoms with Gasteiger partial charge in [-0.3, -0.25) is 14.8 Å². The maximum absolute atomic E-state index is 12.0. The van der Waals surface area contributed by atoms with Gasteiger partial charge in [-0.25, -0.2) is 16.8 Å².